The lowest BCUT2D eigenvalue weighted by Crippen LogP contribution is -2.48. The van der Waals surface area contributed by atoms with Crippen molar-refractivity contribution in [2.24, 2.45) is 0 Å². The van der Waals surface area contributed by atoms with Gasteiger partial charge in [-0.25, -0.2) is 9.59 Å². The summed E-state index contributed by atoms with van der Waals surface area (Å²) in [5, 5.41) is 5.92. The average molecular weight is 397 g/mol. The van der Waals surface area contributed by atoms with Crippen LogP contribution >= 0.6 is 0 Å². The van der Waals surface area contributed by atoms with Crippen LogP contribution in [0.1, 0.15) is 60.6 Å². The number of esters is 1. The Kier molecular flexibility index (Phi) is 6.46. The molecule has 2 N–H and O–H groups in total. The zero-order valence-electron chi connectivity index (χ0n) is 17.1. The smallest absolute Gasteiger partial charge is 0.341 e. The molecule has 2 aromatic rings. The summed E-state index contributed by atoms with van der Waals surface area (Å²) in [6, 6.07) is 7.07. The molecule has 1 atom stereocenters. The van der Waals surface area contributed by atoms with E-state index in [0.29, 0.717) is 11.3 Å². The van der Waals surface area contributed by atoms with Gasteiger partial charge in [0, 0.05) is 11.4 Å². The minimum absolute atomic E-state index is 0.0865. The van der Waals surface area contributed by atoms with Gasteiger partial charge in [-0.05, 0) is 45.2 Å². The molecule has 1 aliphatic carbocycles. The number of carbonyl (C=O) groups is 3. The Morgan fingerprint density at radius 1 is 1.10 bits per heavy atom. The van der Waals surface area contributed by atoms with Crippen molar-refractivity contribution >= 4 is 28.8 Å². The molecular weight excluding hydrogens is 370 g/mol. The molecule has 7 heteroatoms. The van der Waals surface area contributed by atoms with Crippen LogP contribution < -0.4 is 10.6 Å². The number of nitrogens with one attached hydrogen (secondary N) is 2. The Bertz CT molecular complexity index is 935. The van der Waals surface area contributed by atoms with E-state index < -0.39 is 24.0 Å². The Hall–Kier alpha value is -2.96. The second-order valence-electron chi connectivity index (χ2n) is 7.56. The number of ether oxygens (including phenoxy) is 1. The maximum atomic E-state index is 12.7. The van der Waals surface area contributed by atoms with E-state index in [2.05, 4.69) is 15.6 Å². The van der Waals surface area contributed by atoms with Gasteiger partial charge in [-0.3, -0.25) is 15.1 Å². The van der Waals surface area contributed by atoms with Gasteiger partial charge in [0.05, 0.1) is 16.8 Å². The SMILES string of the molecule is Cc1nc2ccccc2c(C)c1C(=O)OC(C)C(=O)NC(=O)NC1CCCCC1. The van der Waals surface area contributed by atoms with Crippen LogP contribution in [0.5, 0.6) is 0 Å². The Balaban J connectivity index is 1.63. The molecule has 1 aliphatic rings. The Morgan fingerprint density at radius 3 is 2.52 bits per heavy atom. The number of nitrogens with zero attached hydrogens (tertiary/aromatic N) is 1. The second kappa shape index (κ2) is 9.03. The molecule has 0 radical (unpaired) electrons. The number of carbonyl (C=O) groups excluding carboxylic acids is 3. The van der Waals surface area contributed by atoms with E-state index in [1.165, 1.54) is 13.3 Å². The normalized spacial score (nSPS) is 15.6. The van der Waals surface area contributed by atoms with Crippen LogP contribution in [0, 0.1) is 13.8 Å². The van der Waals surface area contributed by atoms with Gasteiger partial charge in [0.1, 0.15) is 0 Å². The van der Waals surface area contributed by atoms with E-state index in [0.717, 1.165) is 42.1 Å². The number of hydrogen-bond donors (Lipinski definition) is 2. The molecule has 1 unspecified atom stereocenters. The van der Waals surface area contributed by atoms with Crippen LogP contribution in [0.15, 0.2) is 24.3 Å². The van der Waals surface area contributed by atoms with Crippen molar-refractivity contribution in [3.63, 3.8) is 0 Å². The van der Waals surface area contributed by atoms with Crippen molar-refractivity contribution in [3.8, 4) is 0 Å². The van der Waals surface area contributed by atoms with Crippen molar-refractivity contribution in [1.29, 1.82) is 0 Å². The number of para-hydroxylation sites is 1. The molecular formula is C22H27N3O4. The molecule has 1 fully saturated rings. The molecule has 1 saturated carbocycles. The Morgan fingerprint density at radius 2 is 1.79 bits per heavy atom. The number of aromatic nitrogens is 1. The quantitative estimate of drug-likeness (QED) is 0.769. The Labute approximate surface area is 170 Å². The van der Waals surface area contributed by atoms with E-state index in [1.54, 1.807) is 6.92 Å². The van der Waals surface area contributed by atoms with Gasteiger partial charge in [0.2, 0.25) is 0 Å². The first-order chi connectivity index (χ1) is 13.9. The van der Waals surface area contributed by atoms with E-state index in [-0.39, 0.29) is 6.04 Å². The monoisotopic (exact) mass is 397 g/mol. The molecule has 1 heterocycles. The zero-order chi connectivity index (χ0) is 21.0. The van der Waals surface area contributed by atoms with Crippen molar-refractivity contribution in [2.75, 3.05) is 0 Å². The molecule has 0 saturated heterocycles. The second-order valence-corrected chi connectivity index (χ2v) is 7.56. The van der Waals surface area contributed by atoms with Crippen molar-refractivity contribution in [3.05, 3.63) is 41.1 Å². The number of amides is 3. The van der Waals surface area contributed by atoms with Crippen molar-refractivity contribution in [1.82, 2.24) is 15.6 Å². The molecule has 3 amide bonds. The van der Waals surface area contributed by atoms with E-state index in [9.17, 15) is 14.4 Å². The van der Waals surface area contributed by atoms with E-state index in [1.807, 2.05) is 31.2 Å². The lowest BCUT2D eigenvalue weighted by molar-refractivity contribution is -0.127. The number of aryl methyl sites for hydroxylation is 2. The van der Waals surface area contributed by atoms with Crippen LogP contribution in [0.25, 0.3) is 10.9 Å². The van der Waals surface area contributed by atoms with E-state index in [4.69, 9.17) is 4.74 Å². The molecule has 7 nitrogen and oxygen atoms in total. The predicted octanol–water partition coefficient (Wildman–Crippen LogP) is 3.56. The number of rotatable bonds is 4. The predicted molar refractivity (Wildman–Crippen MR) is 110 cm³/mol. The number of benzene rings is 1. The van der Waals surface area contributed by atoms with Crippen LogP contribution in [0.4, 0.5) is 4.79 Å². The summed E-state index contributed by atoms with van der Waals surface area (Å²) < 4.78 is 5.33. The van der Waals surface area contributed by atoms with Gasteiger partial charge in [0.15, 0.2) is 6.10 Å². The molecule has 29 heavy (non-hydrogen) atoms. The van der Waals surface area contributed by atoms with Crippen molar-refractivity contribution < 1.29 is 19.1 Å². The third kappa shape index (κ3) is 4.91. The molecule has 3 rings (SSSR count). The molecule has 1 aromatic heterocycles. The standard InChI is InChI=1S/C22H27N3O4/c1-13-17-11-7-8-12-18(17)23-14(2)19(13)21(27)29-15(3)20(26)25-22(28)24-16-9-5-4-6-10-16/h7-8,11-12,15-16H,4-6,9-10H2,1-3H3,(H2,24,25,26,28). The summed E-state index contributed by atoms with van der Waals surface area (Å²) >= 11 is 0. The highest BCUT2D eigenvalue weighted by Crippen LogP contribution is 2.23. The lowest BCUT2D eigenvalue weighted by atomic mass is 9.96. The highest BCUT2D eigenvalue weighted by atomic mass is 16.5. The summed E-state index contributed by atoms with van der Waals surface area (Å²) in [7, 11) is 0. The molecule has 0 spiro atoms. The number of urea groups is 1. The summed E-state index contributed by atoms with van der Waals surface area (Å²) in [6.07, 6.45) is 4.05. The fourth-order valence-corrected chi connectivity index (χ4v) is 3.79. The molecule has 1 aromatic carbocycles. The third-order valence-corrected chi connectivity index (χ3v) is 5.37. The van der Waals surface area contributed by atoms with Gasteiger partial charge in [-0.15, -0.1) is 0 Å². The van der Waals surface area contributed by atoms with Crippen LogP contribution in [0.2, 0.25) is 0 Å². The van der Waals surface area contributed by atoms with Crippen LogP contribution in [0.3, 0.4) is 0 Å². The minimum atomic E-state index is -1.11. The van der Waals surface area contributed by atoms with Gasteiger partial charge in [0.25, 0.3) is 5.91 Å². The number of imide groups is 1. The maximum absolute atomic E-state index is 12.7. The molecule has 0 bridgehead atoms. The fraction of sp³-hybridized carbons (Fsp3) is 0.455. The topological polar surface area (TPSA) is 97.4 Å². The summed E-state index contributed by atoms with van der Waals surface area (Å²) in [4.78, 5) is 41.5. The van der Waals surface area contributed by atoms with Crippen LogP contribution in [-0.2, 0) is 9.53 Å². The first kappa shape index (κ1) is 20.8. The molecule has 154 valence electrons. The average Bonchev–Trinajstić information content (AvgIpc) is 2.68. The minimum Gasteiger partial charge on any atom is -0.449 e. The largest absolute Gasteiger partial charge is 0.449 e. The van der Waals surface area contributed by atoms with E-state index >= 15 is 0 Å². The maximum Gasteiger partial charge on any atom is 0.341 e. The number of pyridine rings is 1. The fourth-order valence-electron chi connectivity index (χ4n) is 3.79. The highest BCUT2D eigenvalue weighted by Gasteiger charge is 2.25. The first-order valence-electron chi connectivity index (χ1n) is 10.0. The third-order valence-electron chi connectivity index (χ3n) is 5.37. The zero-order valence-corrected chi connectivity index (χ0v) is 17.1. The summed E-state index contributed by atoms with van der Waals surface area (Å²) in [5.41, 5.74) is 2.42. The lowest BCUT2D eigenvalue weighted by Gasteiger charge is -2.23. The molecule has 0 aliphatic heterocycles. The van der Waals surface area contributed by atoms with Crippen LogP contribution in [-0.4, -0.2) is 35.0 Å². The summed E-state index contributed by atoms with van der Waals surface area (Å²) in [6.45, 7) is 5.01. The number of hydrogen-bond acceptors (Lipinski definition) is 5. The highest BCUT2D eigenvalue weighted by molar-refractivity contribution is 6.01. The van der Waals surface area contributed by atoms with Gasteiger partial charge < -0.3 is 10.1 Å². The summed E-state index contributed by atoms with van der Waals surface area (Å²) in [5.74, 6) is -1.29. The van der Waals surface area contributed by atoms with Gasteiger partial charge in [-0.1, -0.05) is 37.5 Å². The van der Waals surface area contributed by atoms with Crippen molar-refractivity contribution in [2.45, 2.75) is 65.0 Å². The van der Waals surface area contributed by atoms with Gasteiger partial charge >= 0.3 is 12.0 Å². The number of fused-ring (bicyclic) bond motifs is 1. The van der Waals surface area contributed by atoms with Gasteiger partial charge in [-0.2, -0.15) is 0 Å². The first-order valence-corrected chi connectivity index (χ1v) is 10.0.